The lowest BCUT2D eigenvalue weighted by atomic mass is 10.2. The van der Waals surface area contributed by atoms with E-state index >= 15 is 0 Å². The van der Waals surface area contributed by atoms with E-state index in [1.54, 1.807) is 17.9 Å². The lowest BCUT2D eigenvalue weighted by Crippen LogP contribution is -2.18. The molecule has 80 valence electrons. The number of aromatic nitrogens is 3. The third-order valence-electron chi connectivity index (χ3n) is 1.83. The molecule has 0 amide bonds. The summed E-state index contributed by atoms with van der Waals surface area (Å²) in [6.07, 6.45) is 1.78. The Hall–Kier alpha value is -0.750. The Morgan fingerprint density at radius 1 is 1.71 bits per heavy atom. The molecule has 0 aliphatic carbocycles. The van der Waals surface area contributed by atoms with Gasteiger partial charge < -0.3 is 5.73 Å². The van der Waals surface area contributed by atoms with Crippen LogP contribution in [-0.2, 0) is 23.6 Å². The van der Waals surface area contributed by atoms with Gasteiger partial charge in [0.15, 0.2) is 0 Å². The third-order valence-corrected chi connectivity index (χ3v) is 3.39. The average Bonchev–Trinajstić information content (AvgIpc) is 2.50. The molecule has 0 aliphatic heterocycles. The van der Waals surface area contributed by atoms with Gasteiger partial charge in [-0.2, -0.15) is 0 Å². The fourth-order valence-corrected chi connectivity index (χ4v) is 2.42. The second kappa shape index (κ2) is 5.21. The zero-order valence-electron chi connectivity index (χ0n) is 8.51. The lowest BCUT2D eigenvalue weighted by Gasteiger charge is -2.06. The van der Waals surface area contributed by atoms with Gasteiger partial charge in [0.2, 0.25) is 0 Å². The van der Waals surface area contributed by atoms with E-state index in [1.165, 1.54) is 0 Å². The van der Waals surface area contributed by atoms with Crippen LogP contribution >= 0.6 is 0 Å². The molecule has 0 spiro atoms. The first-order valence-electron chi connectivity index (χ1n) is 4.52. The van der Waals surface area contributed by atoms with E-state index in [-0.39, 0.29) is 0 Å². The monoisotopic (exact) mass is 216 g/mol. The number of nitrogens with two attached hydrogens (primary N) is 1. The number of hydrogen-bond acceptors (Lipinski definition) is 4. The van der Waals surface area contributed by atoms with E-state index in [0.29, 0.717) is 24.0 Å². The SMILES string of the molecule is CC(CN)CS(=O)Cc1cn(C)nn1. The van der Waals surface area contributed by atoms with Crippen LogP contribution < -0.4 is 5.73 Å². The molecule has 0 fully saturated rings. The molecule has 0 saturated heterocycles. The van der Waals surface area contributed by atoms with Gasteiger partial charge in [-0.1, -0.05) is 12.1 Å². The minimum Gasteiger partial charge on any atom is -0.330 e. The molecule has 1 rings (SSSR count). The maximum Gasteiger partial charge on any atom is 0.0951 e. The normalized spacial score (nSPS) is 15.4. The topological polar surface area (TPSA) is 73.8 Å². The molecule has 5 nitrogen and oxygen atoms in total. The summed E-state index contributed by atoms with van der Waals surface area (Å²) in [5.74, 6) is 1.40. The summed E-state index contributed by atoms with van der Waals surface area (Å²) in [6, 6.07) is 0. The minimum absolute atomic E-state index is 0.299. The molecular formula is C8H16N4OS. The largest absolute Gasteiger partial charge is 0.330 e. The molecule has 14 heavy (non-hydrogen) atoms. The lowest BCUT2D eigenvalue weighted by molar-refractivity contribution is 0.640. The van der Waals surface area contributed by atoms with Gasteiger partial charge >= 0.3 is 0 Å². The van der Waals surface area contributed by atoms with Gasteiger partial charge in [0.25, 0.3) is 0 Å². The molecule has 6 heteroatoms. The van der Waals surface area contributed by atoms with Gasteiger partial charge in [-0.15, -0.1) is 5.10 Å². The van der Waals surface area contributed by atoms with Crippen molar-refractivity contribution in [1.29, 1.82) is 0 Å². The maximum atomic E-state index is 11.6. The second-order valence-electron chi connectivity index (χ2n) is 3.48. The Morgan fingerprint density at radius 3 is 2.93 bits per heavy atom. The van der Waals surface area contributed by atoms with Crippen LogP contribution in [0.3, 0.4) is 0 Å². The van der Waals surface area contributed by atoms with Gasteiger partial charge in [0.05, 0.1) is 11.4 Å². The summed E-state index contributed by atoms with van der Waals surface area (Å²) >= 11 is 0. The second-order valence-corrected chi connectivity index (χ2v) is 4.98. The summed E-state index contributed by atoms with van der Waals surface area (Å²) in [7, 11) is 0.910. The van der Waals surface area contributed by atoms with Crippen molar-refractivity contribution < 1.29 is 4.21 Å². The van der Waals surface area contributed by atoms with Crippen LogP contribution in [-0.4, -0.2) is 31.5 Å². The summed E-state index contributed by atoms with van der Waals surface area (Å²) < 4.78 is 13.2. The van der Waals surface area contributed by atoms with Crippen molar-refractivity contribution in [3.05, 3.63) is 11.9 Å². The molecule has 0 bridgehead atoms. The molecule has 1 aromatic rings. The molecule has 2 atom stereocenters. The summed E-state index contributed by atoms with van der Waals surface area (Å²) in [5, 5.41) is 7.65. The van der Waals surface area contributed by atoms with Crippen LogP contribution in [0, 0.1) is 5.92 Å². The quantitative estimate of drug-likeness (QED) is 0.730. The van der Waals surface area contributed by atoms with Crippen molar-refractivity contribution in [1.82, 2.24) is 15.0 Å². The fraction of sp³-hybridized carbons (Fsp3) is 0.750. The van der Waals surface area contributed by atoms with Crippen LogP contribution in [0.1, 0.15) is 12.6 Å². The molecule has 1 aromatic heterocycles. The molecule has 2 unspecified atom stereocenters. The number of aryl methyl sites for hydroxylation is 1. The van der Waals surface area contributed by atoms with Crippen molar-refractivity contribution in [2.75, 3.05) is 12.3 Å². The maximum absolute atomic E-state index is 11.6. The standard InChI is InChI=1S/C8H16N4OS/c1-7(3-9)5-14(13)6-8-4-12(2)11-10-8/h4,7H,3,5-6,9H2,1-2H3. The van der Waals surface area contributed by atoms with Gasteiger partial charge in [-0.25, -0.2) is 0 Å². The smallest absolute Gasteiger partial charge is 0.0951 e. The van der Waals surface area contributed by atoms with Gasteiger partial charge in [0, 0.05) is 29.8 Å². The van der Waals surface area contributed by atoms with Crippen molar-refractivity contribution >= 4 is 10.8 Å². The predicted octanol–water partition coefficient (Wildman–Crippen LogP) is -0.341. The summed E-state index contributed by atoms with van der Waals surface area (Å²) in [6.45, 7) is 2.57. The average molecular weight is 216 g/mol. The molecule has 0 saturated carbocycles. The number of hydrogen-bond donors (Lipinski definition) is 1. The first kappa shape index (κ1) is 11.3. The third kappa shape index (κ3) is 3.55. The highest BCUT2D eigenvalue weighted by molar-refractivity contribution is 7.84. The summed E-state index contributed by atoms with van der Waals surface area (Å²) in [4.78, 5) is 0. The van der Waals surface area contributed by atoms with Crippen molar-refractivity contribution in [3.8, 4) is 0 Å². The molecule has 0 aliphatic rings. The fourth-order valence-electron chi connectivity index (χ4n) is 1.07. The van der Waals surface area contributed by atoms with Crippen molar-refractivity contribution in [2.24, 2.45) is 18.7 Å². The Balaban J connectivity index is 2.41. The Morgan fingerprint density at radius 2 is 2.43 bits per heavy atom. The van der Waals surface area contributed by atoms with E-state index in [0.717, 1.165) is 5.69 Å². The van der Waals surface area contributed by atoms with Gasteiger partial charge in [0.1, 0.15) is 0 Å². The van der Waals surface area contributed by atoms with E-state index in [2.05, 4.69) is 10.3 Å². The first-order valence-corrected chi connectivity index (χ1v) is 6.01. The van der Waals surface area contributed by atoms with E-state index in [1.807, 2.05) is 6.92 Å². The predicted molar refractivity (Wildman–Crippen MR) is 55.9 cm³/mol. The van der Waals surface area contributed by atoms with Gasteiger partial charge in [-0.3, -0.25) is 8.89 Å². The Kier molecular flexibility index (Phi) is 4.21. The Labute approximate surface area is 86.1 Å². The highest BCUT2D eigenvalue weighted by Gasteiger charge is 2.08. The van der Waals surface area contributed by atoms with Crippen LogP contribution in [0.4, 0.5) is 0 Å². The molecule has 2 N–H and O–H groups in total. The van der Waals surface area contributed by atoms with Crippen molar-refractivity contribution in [2.45, 2.75) is 12.7 Å². The van der Waals surface area contributed by atoms with Crippen LogP contribution in [0.15, 0.2) is 6.20 Å². The minimum atomic E-state index is -0.883. The van der Waals surface area contributed by atoms with Crippen molar-refractivity contribution in [3.63, 3.8) is 0 Å². The highest BCUT2D eigenvalue weighted by Crippen LogP contribution is 2.02. The first-order chi connectivity index (χ1) is 6.61. The van der Waals surface area contributed by atoms with Crippen LogP contribution in [0.5, 0.6) is 0 Å². The molecule has 0 radical (unpaired) electrons. The molecule has 0 aromatic carbocycles. The van der Waals surface area contributed by atoms with E-state index < -0.39 is 10.8 Å². The van der Waals surface area contributed by atoms with E-state index in [4.69, 9.17) is 5.73 Å². The Bertz CT molecular complexity index is 312. The zero-order chi connectivity index (χ0) is 10.6. The van der Waals surface area contributed by atoms with Gasteiger partial charge in [-0.05, 0) is 12.5 Å². The number of rotatable bonds is 5. The highest BCUT2D eigenvalue weighted by atomic mass is 32.2. The van der Waals surface area contributed by atoms with E-state index in [9.17, 15) is 4.21 Å². The molecule has 1 heterocycles. The zero-order valence-corrected chi connectivity index (χ0v) is 9.33. The number of nitrogens with zero attached hydrogens (tertiary/aromatic N) is 3. The summed E-state index contributed by atoms with van der Waals surface area (Å²) in [5.41, 5.74) is 6.22. The molecular weight excluding hydrogens is 200 g/mol. The van der Waals surface area contributed by atoms with Crippen LogP contribution in [0.2, 0.25) is 0 Å². The van der Waals surface area contributed by atoms with Crippen LogP contribution in [0.25, 0.3) is 0 Å².